The van der Waals surface area contributed by atoms with E-state index < -0.39 is 5.56 Å². The Hall–Kier alpha value is -3.88. The number of amides is 1. The second-order valence-corrected chi connectivity index (χ2v) is 8.84. The quantitative estimate of drug-likeness (QED) is 0.465. The number of piperidine rings is 1. The van der Waals surface area contributed by atoms with E-state index in [0.29, 0.717) is 35.5 Å². The lowest BCUT2D eigenvalue weighted by Crippen LogP contribution is -2.41. The Morgan fingerprint density at radius 3 is 2.88 bits per heavy atom. The fourth-order valence-corrected chi connectivity index (χ4v) is 4.71. The Morgan fingerprint density at radius 1 is 1.33 bits per heavy atom. The monoisotopic (exact) mass is 446 g/mol. The number of fused-ring (bicyclic) bond motifs is 2. The molecule has 5 rings (SSSR count). The van der Waals surface area contributed by atoms with E-state index in [0.717, 1.165) is 34.9 Å². The summed E-state index contributed by atoms with van der Waals surface area (Å²) in [4.78, 5) is 27.0. The molecule has 4 heterocycles. The van der Waals surface area contributed by atoms with Gasteiger partial charge < -0.3 is 15.1 Å². The van der Waals surface area contributed by atoms with Crippen LogP contribution in [0.5, 0.6) is 0 Å². The first-order valence-corrected chi connectivity index (χ1v) is 11.0. The molecule has 0 bridgehead atoms. The van der Waals surface area contributed by atoms with Crippen molar-refractivity contribution in [2.75, 3.05) is 18.8 Å². The molecule has 1 saturated heterocycles. The standard InChI is InChI=1S/C24H26N6O3/c1-12(2)24(32)29-9-5-6-15(11-29)30-20(18-19(28-30)23(31)27-26-22(18)25)21-14(4)16-10-13(3)7-8-17(16)33-21/h7-8,10,15H,1,5-6,9,11H2,2-4H3,(H2,25,26)(H,27,31). The molecule has 3 aromatic heterocycles. The number of aromatic nitrogens is 4. The number of nitrogens with zero attached hydrogens (tertiary/aromatic N) is 4. The van der Waals surface area contributed by atoms with E-state index >= 15 is 0 Å². The molecule has 4 aromatic rings. The van der Waals surface area contributed by atoms with Gasteiger partial charge in [0.2, 0.25) is 5.91 Å². The molecule has 0 radical (unpaired) electrons. The smallest absolute Gasteiger partial charge is 0.292 e. The maximum absolute atomic E-state index is 12.6. The SMILES string of the molecule is C=C(C)C(=O)N1CCCC(n2nc3c(=O)[nH]nc(N)c3c2-c2oc3ccc(C)cc3c2C)C1. The van der Waals surface area contributed by atoms with Crippen molar-refractivity contribution in [3.8, 4) is 11.5 Å². The summed E-state index contributed by atoms with van der Waals surface area (Å²) < 4.78 is 8.09. The van der Waals surface area contributed by atoms with Crippen molar-refractivity contribution in [2.45, 2.75) is 39.7 Å². The maximum Gasteiger partial charge on any atom is 0.292 e. The zero-order chi connectivity index (χ0) is 23.4. The molecule has 1 aromatic carbocycles. The number of nitrogens with two attached hydrogens (primary N) is 1. The van der Waals surface area contributed by atoms with Gasteiger partial charge in [0.25, 0.3) is 5.56 Å². The van der Waals surface area contributed by atoms with Gasteiger partial charge in [-0.05, 0) is 45.7 Å². The van der Waals surface area contributed by atoms with E-state index in [1.807, 2.05) is 26.0 Å². The maximum atomic E-state index is 12.6. The van der Waals surface area contributed by atoms with E-state index in [1.54, 1.807) is 16.5 Å². The summed E-state index contributed by atoms with van der Waals surface area (Å²) in [6, 6.07) is 5.85. The second-order valence-electron chi connectivity index (χ2n) is 8.84. The van der Waals surface area contributed by atoms with Gasteiger partial charge in [-0.2, -0.15) is 10.2 Å². The number of hydrogen-bond donors (Lipinski definition) is 2. The number of likely N-dealkylation sites (tertiary alicyclic amines) is 1. The highest BCUT2D eigenvalue weighted by Gasteiger charge is 2.31. The molecule has 1 fully saturated rings. The average Bonchev–Trinajstić information content (AvgIpc) is 3.35. The van der Waals surface area contributed by atoms with Crippen LogP contribution in [0.3, 0.4) is 0 Å². The number of H-pyrrole nitrogens is 1. The van der Waals surface area contributed by atoms with E-state index in [1.165, 1.54) is 0 Å². The van der Waals surface area contributed by atoms with Crippen molar-refractivity contribution in [3.63, 3.8) is 0 Å². The van der Waals surface area contributed by atoms with Gasteiger partial charge in [-0.3, -0.25) is 14.3 Å². The third-order valence-electron chi connectivity index (χ3n) is 6.36. The van der Waals surface area contributed by atoms with Crippen molar-refractivity contribution in [3.05, 3.63) is 51.8 Å². The lowest BCUT2D eigenvalue weighted by Gasteiger charge is -2.33. The van der Waals surface area contributed by atoms with Crippen LogP contribution >= 0.6 is 0 Å². The summed E-state index contributed by atoms with van der Waals surface area (Å²) in [5.41, 5.74) is 9.93. The van der Waals surface area contributed by atoms with Gasteiger partial charge in [0, 0.05) is 29.6 Å². The number of aryl methyl sites for hydroxylation is 2. The first-order valence-electron chi connectivity index (χ1n) is 11.0. The third-order valence-corrected chi connectivity index (χ3v) is 6.36. The topological polar surface area (TPSA) is 123 Å². The normalized spacial score (nSPS) is 16.6. The molecule has 1 unspecified atom stereocenters. The molecule has 33 heavy (non-hydrogen) atoms. The number of hydrogen-bond acceptors (Lipinski definition) is 6. The number of nitrogen functional groups attached to an aromatic ring is 1. The van der Waals surface area contributed by atoms with Crippen molar-refractivity contribution >= 4 is 33.6 Å². The van der Waals surface area contributed by atoms with E-state index in [4.69, 9.17) is 10.2 Å². The molecular weight excluding hydrogens is 420 g/mol. The predicted octanol–water partition coefficient (Wildman–Crippen LogP) is 3.47. The van der Waals surface area contributed by atoms with Crippen LogP contribution in [0.2, 0.25) is 0 Å². The molecule has 170 valence electrons. The van der Waals surface area contributed by atoms with Crippen molar-refractivity contribution < 1.29 is 9.21 Å². The number of nitrogens with one attached hydrogen (secondary N) is 1. The number of furan rings is 1. The minimum atomic E-state index is -0.422. The third kappa shape index (κ3) is 3.31. The van der Waals surface area contributed by atoms with Crippen LogP contribution in [0.4, 0.5) is 5.82 Å². The highest BCUT2D eigenvalue weighted by atomic mass is 16.3. The van der Waals surface area contributed by atoms with Crippen LogP contribution in [0, 0.1) is 13.8 Å². The number of aromatic amines is 1. The van der Waals surface area contributed by atoms with E-state index in [2.05, 4.69) is 27.9 Å². The average molecular weight is 447 g/mol. The summed E-state index contributed by atoms with van der Waals surface area (Å²) in [5, 5.41) is 12.5. The van der Waals surface area contributed by atoms with E-state index in [9.17, 15) is 9.59 Å². The van der Waals surface area contributed by atoms with Gasteiger partial charge in [-0.15, -0.1) is 0 Å². The van der Waals surface area contributed by atoms with Crippen molar-refractivity contribution in [2.24, 2.45) is 0 Å². The zero-order valence-corrected chi connectivity index (χ0v) is 18.9. The van der Waals surface area contributed by atoms with E-state index in [-0.39, 0.29) is 23.3 Å². The molecule has 1 aliphatic heterocycles. The first-order chi connectivity index (χ1) is 15.8. The fourth-order valence-electron chi connectivity index (χ4n) is 4.71. The van der Waals surface area contributed by atoms with Gasteiger partial charge in [0.15, 0.2) is 17.1 Å². The molecule has 1 aliphatic rings. The highest BCUT2D eigenvalue weighted by molar-refractivity contribution is 6.01. The number of anilines is 1. The first kappa shape index (κ1) is 21.0. The Kier molecular flexibility index (Phi) is 4.84. The minimum Gasteiger partial charge on any atom is -0.454 e. The van der Waals surface area contributed by atoms with Crippen LogP contribution < -0.4 is 11.3 Å². The van der Waals surface area contributed by atoms with Gasteiger partial charge in [0.05, 0.1) is 11.4 Å². The second kappa shape index (κ2) is 7.61. The summed E-state index contributed by atoms with van der Waals surface area (Å²) in [5.74, 6) is 0.695. The lowest BCUT2D eigenvalue weighted by atomic mass is 10.0. The molecule has 1 atom stereocenters. The van der Waals surface area contributed by atoms with Crippen molar-refractivity contribution in [1.82, 2.24) is 24.9 Å². The van der Waals surface area contributed by atoms with Gasteiger partial charge >= 0.3 is 0 Å². The summed E-state index contributed by atoms with van der Waals surface area (Å²) >= 11 is 0. The summed E-state index contributed by atoms with van der Waals surface area (Å²) in [6.45, 7) is 10.6. The summed E-state index contributed by atoms with van der Waals surface area (Å²) in [6.07, 6.45) is 1.60. The largest absolute Gasteiger partial charge is 0.454 e. The van der Waals surface area contributed by atoms with Gasteiger partial charge in [-0.25, -0.2) is 5.10 Å². The molecule has 0 aliphatic carbocycles. The van der Waals surface area contributed by atoms with Gasteiger partial charge in [-0.1, -0.05) is 18.2 Å². The Labute approximate surface area is 189 Å². The van der Waals surface area contributed by atoms with Crippen molar-refractivity contribution in [1.29, 1.82) is 0 Å². The van der Waals surface area contributed by atoms with Crippen LogP contribution in [-0.4, -0.2) is 43.9 Å². The van der Waals surface area contributed by atoms with Crippen LogP contribution in [0.25, 0.3) is 33.3 Å². The Morgan fingerprint density at radius 2 is 2.12 bits per heavy atom. The van der Waals surface area contributed by atoms with Crippen LogP contribution in [-0.2, 0) is 4.79 Å². The number of benzene rings is 1. The summed E-state index contributed by atoms with van der Waals surface area (Å²) in [7, 11) is 0. The number of carbonyl (C=O) groups is 1. The highest BCUT2D eigenvalue weighted by Crippen LogP contribution is 2.40. The fraction of sp³-hybridized carbons (Fsp3) is 0.333. The molecule has 0 spiro atoms. The molecule has 1 amide bonds. The predicted molar refractivity (Wildman–Crippen MR) is 127 cm³/mol. The van der Waals surface area contributed by atoms with Crippen LogP contribution in [0.1, 0.15) is 36.9 Å². The number of rotatable bonds is 3. The molecule has 9 heteroatoms. The van der Waals surface area contributed by atoms with Gasteiger partial charge in [0.1, 0.15) is 11.3 Å². The molecule has 0 saturated carbocycles. The molecular formula is C24H26N6O3. The Balaban J connectivity index is 1.75. The molecule has 9 nitrogen and oxygen atoms in total. The Bertz CT molecular complexity index is 1490. The molecule has 3 N–H and O–H groups in total. The number of carbonyl (C=O) groups excluding carboxylic acids is 1. The minimum absolute atomic E-state index is 0.0765. The lowest BCUT2D eigenvalue weighted by molar-refractivity contribution is -0.128. The van der Waals surface area contributed by atoms with Crippen LogP contribution in [0.15, 0.2) is 39.6 Å². The zero-order valence-electron chi connectivity index (χ0n) is 18.9.